The third kappa shape index (κ3) is 4.47. The Kier molecular flexibility index (Phi) is 5.40. The molecule has 0 spiro atoms. The molecule has 1 fully saturated rings. The summed E-state index contributed by atoms with van der Waals surface area (Å²) in [7, 11) is 0. The van der Waals surface area contributed by atoms with Crippen LogP contribution in [0.5, 0.6) is 0 Å². The molecule has 110 valence electrons. The Bertz CT molecular complexity index is 439. The number of likely N-dealkylation sites (tertiary alicyclic amines) is 1. The Morgan fingerprint density at radius 3 is 2.55 bits per heavy atom. The number of piperidine rings is 1. The highest BCUT2D eigenvalue weighted by molar-refractivity contribution is 6.30. The zero-order chi connectivity index (χ0) is 14.5. The molecule has 0 bridgehead atoms. The molecule has 0 aliphatic carbocycles. The molecule has 0 radical (unpaired) electrons. The molecule has 0 aromatic heterocycles. The highest BCUT2D eigenvalue weighted by atomic mass is 35.5. The number of carbonyl (C=O) groups excluding carboxylic acids is 1. The fourth-order valence-corrected chi connectivity index (χ4v) is 2.54. The Balaban J connectivity index is 1.77. The van der Waals surface area contributed by atoms with Crippen molar-refractivity contribution < 1.29 is 4.79 Å². The van der Waals surface area contributed by atoms with Gasteiger partial charge >= 0.3 is 0 Å². The van der Waals surface area contributed by atoms with E-state index >= 15 is 0 Å². The van der Waals surface area contributed by atoms with Crippen molar-refractivity contribution in [1.82, 2.24) is 10.2 Å². The maximum atomic E-state index is 11.6. The molecule has 5 heteroatoms. The SMILES string of the molecule is CC(N)C(=O)NC1CCN(Cc2ccc(Cl)cc2)CC1. The fourth-order valence-electron chi connectivity index (χ4n) is 2.42. The molecular weight excluding hydrogens is 274 g/mol. The first-order valence-electron chi connectivity index (χ1n) is 7.07. The van der Waals surface area contributed by atoms with Gasteiger partial charge in [-0.05, 0) is 37.5 Å². The van der Waals surface area contributed by atoms with Gasteiger partial charge in [0.2, 0.25) is 5.91 Å². The van der Waals surface area contributed by atoms with Crippen LogP contribution in [0.1, 0.15) is 25.3 Å². The third-order valence-electron chi connectivity index (χ3n) is 3.67. The maximum absolute atomic E-state index is 11.6. The van der Waals surface area contributed by atoms with Gasteiger partial charge in [0.15, 0.2) is 0 Å². The van der Waals surface area contributed by atoms with Crippen LogP contribution in [-0.4, -0.2) is 36.0 Å². The fraction of sp³-hybridized carbons (Fsp3) is 0.533. The van der Waals surface area contributed by atoms with Gasteiger partial charge in [-0.3, -0.25) is 9.69 Å². The van der Waals surface area contributed by atoms with Crippen molar-refractivity contribution in [3.8, 4) is 0 Å². The number of halogens is 1. The number of nitrogens with zero attached hydrogens (tertiary/aromatic N) is 1. The number of hydrogen-bond donors (Lipinski definition) is 2. The lowest BCUT2D eigenvalue weighted by molar-refractivity contribution is -0.123. The van der Waals surface area contributed by atoms with Crippen molar-refractivity contribution >= 4 is 17.5 Å². The zero-order valence-corrected chi connectivity index (χ0v) is 12.6. The molecule has 1 atom stereocenters. The maximum Gasteiger partial charge on any atom is 0.236 e. The summed E-state index contributed by atoms with van der Waals surface area (Å²) in [5, 5.41) is 3.77. The lowest BCUT2D eigenvalue weighted by Crippen LogP contribution is -2.48. The lowest BCUT2D eigenvalue weighted by atomic mass is 10.0. The van der Waals surface area contributed by atoms with E-state index in [0.29, 0.717) is 0 Å². The summed E-state index contributed by atoms with van der Waals surface area (Å²) in [5.74, 6) is -0.0545. The number of hydrogen-bond acceptors (Lipinski definition) is 3. The molecule has 1 heterocycles. The first kappa shape index (κ1) is 15.3. The summed E-state index contributed by atoms with van der Waals surface area (Å²) < 4.78 is 0. The summed E-state index contributed by atoms with van der Waals surface area (Å²) in [4.78, 5) is 14.0. The van der Waals surface area contributed by atoms with Crippen LogP contribution in [0.2, 0.25) is 5.02 Å². The molecule has 1 amide bonds. The molecule has 1 unspecified atom stereocenters. The summed E-state index contributed by atoms with van der Waals surface area (Å²) >= 11 is 5.88. The second kappa shape index (κ2) is 7.07. The lowest BCUT2D eigenvalue weighted by Gasteiger charge is -2.32. The van der Waals surface area contributed by atoms with Crippen molar-refractivity contribution in [3.05, 3.63) is 34.9 Å². The van der Waals surface area contributed by atoms with Crippen LogP contribution in [-0.2, 0) is 11.3 Å². The van der Waals surface area contributed by atoms with Crippen LogP contribution in [0.15, 0.2) is 24.3 Å². The predicted molar refractivity (Wildman–Crippen MR) is 81.5 cm³/mol. The first-order valence-corrected chi connectivity index (χ1v) is 7.45. The normalized spacial score (nSPS) is 18.8. The van der Waals surface area contributed by atoms with E-state index in [0.717, 1.165) is 37.5 Å². The molecule has 4 nitrogen and oxygen atoms in total. The van der Waals surface area contributed by atoms with Crippen molar-refractivity contribution in [2.45, 2.75) is 38.4 Å². The summed E-state index contributed by atoms with van der Waals surface area (Å²) in [6.07, 6.45) is 1.96. The second-order valence-electron chi connectivity index (χ2n) is 5.47. The summed E-state index contributed by atoms with van der Waals surface area (Å²) in [6.45, 7) is 4.63. The molecule has 20 heavy (non-hydrogen) atoms. The molecule has 1 aromatic carbocycles. The van der Waals surface area contributed by atoms with Crippen LogP contribution in [0.25, 0.3) is 0 Å². The van der Waals surface area contributed by atoms with E-state index < -0.39 is 6.04 Å². The van der Waals surface area contributed by atoms with Gasteiger partial charge in [0.25, 0.3) is 0 Å². The van der Waals surface area contributed by atoms with E-state index in [1.807, 2.05) is 12.1 Å². The van der Waals surface area contributed by atoms with E-state index in [4.69, 9.17) is 17.3 Å². The van der Waals surface area contributed by atoms with Gasteiger partial charge in [0.1, 0.15) is 0 Å². The summed E-state index contributed by atoms with van der Waals surface area (Å²) in [6, 6.07) is 7.80. The van der Waals surface area contributed by atoms with Gasteiger partial charge < -0.3 is 11.1 Å². The van der Waals surface area contributed by atoms with E-state index in [1.165, 1.54) is 5.56 Å². The van der Waals surface area contributed by atoms with Crippen molar-refractivity contribution in [1.29, 1.82) is 0 Å². The third-order valence-corrected chi connectivity index (χ3v) is 3.92. The number of benzene rings is 1. The minimum atomic E-state index is -0.429. The zero-order valence-electron chi connectivity index (χ0n) is 11.8. The van der Waals surface area contributed by atoms with Crippen LogP contribution in [0.3, 0.4) is 0 Å². The monoisotopic (exact) mass is 295 g/mol. The summed E-state index contributed by atoms with van der Waals surface area (Å²) in [5.41, 5.74) is 6.83. The minimum absolute atomic E-state index is 0.0545. The number of amides is 1. The number of nitrogens with two attached hydrogens (primary N) is 1. The van der Waals surface area contributed by atoms with E-state index in [2.05, 4.69) is 22.3 Å². The highest BCUT2D eigenvalue weighted by Gasteiger charge is 2.21. The molecular formula is C15H22ClN3O. The number of carbonyl (C=O) groups is 1. The topological polar surface area (TPSA) is 58.4 Å². The molecule has 2 rings (SSSR count). The standard InChI is InChI=1S/C15H22ClN3O/c1-11(17)15(20)18-14-6-8-19(9-7-14)10-12-2-4-13(16)5-3-12/h2-5,11,14H,6-10,17H2,1H3,(H,18,20). The number of nitrogens with one attached hydrogen (secondary N) is 1. The average molecular weight is 296 g/mol. The molecule has 3 N–H and O–H groups in total. The second-order valence-corrected chi connectivity index (χ2v) is 5.91. The Morgan fingerprint density at radius 1 is 1.40 bits per heavy atom. The number of rotatable bonds is 4. The van der Waals surface area contributed by atoms with Crippen LogP contribution < -0.4 is 11.1 Å². The van der Waals surface area contributed by atoms with Gasteiger partial charge in [-0.2, -0.15) is 0 Å². The average Bonchev–Trinajstić information content (AvgIpc) is 2.43. The van der Waals surface area contributed by atoms with Gasteiger partial charge in [0, 0.05) is 30.7 Å². The van der Waals surface area contributed by atoms with Crippen molar-refractivity contribution in [2.24, 2.45) is 5.73 Å². The molecule has 1 aliphatic heterocycles. The van der Waals surface area contributed by atoms with Crippen LogP contribution in [0.4, 0.5) is 0 Å². The first-order chi connectivity index (χ1) is 9.54. The van der Waals surface area contributed by atoms with Gasteiger partial charge in [-0.1, -0.05) is 23.7 Å². The Hall–Kier alpha value is -1.10. The minimum Gasteiger partial charge on any atom is -0.352 e. The molecule has 1 aliphatic rings. The van der Waals surface area contributed by atoms with E-state index in [-0.39, 0.29) is 11.9 Å². The smallest absolute Gasteiger partial charge is 0.236 e. The van der Waals surface area contributed by atoms with Gasteiger partial charge in [-0.15, -0.1) is 0 Å². The Morgan fingerprint density at radius 2 is 2.00 bits per heavy atom. The quantitative estimate of drug-likeness (QED) is 0.890. The van der Waals surface area contributed by atoms with Crippen LogP contribution >= 0.6 is 11.6 Å². The van der Waals surface area contributed by atoms with Crippen LogP contribution in [0, 0.1) is 0 Å². The molecule has 0 saturated carbocycles. The van der Waals surface area contributed by atoms with E-state index in [9.17, 15) is 4.79 Å². The van der Waals surface area contributed by atoms with Crippen molar-refractivity contribution in [3.63, 3.8) is 0 Å². The predicted octanol–water partition coefficient (Wildman–Crippen LogP) is 1.77. The van der Waals surface area contributed by atoms with Gasteiger partial charge in [-0.25, -0.2) is 0 Å². The van der Waals surface area contributed by atoms with E-state index in [1.54, 1.807) is 6.92 Å². The highest BCUT2D eigenvalue weighted by Crippen LogP contribution is 2.15. The molecule has 1 saturated heterocycles. The van der Waals surface area contributed by atoms with Gasteiger partial charge in [0.05, 0.1) is 6.04 Å². The van der Waals surface area contributed by atoms with Crippen molar-refractivity contribution in [2.75, 3.05) is 13.1 Å². The Labute approximate surface area is 125 Å². The largest absolute Gasteiger partial charge is 0.352 e. The molecule has 1 aromatic rings.